The highest BCUT2D eigenvalue weighted by Gasteiger charge is 2.33. The van der Waals surface area contributed by atoms with Gasteiger partial charge in [0.2, 0.25) is 0 Å². The summed E-state index contributed by atoms with van der Waals surface area (Å²) in [5.74, 6) is -0.451. The molecular weight excluding hydrogens is 316 g/mol. The molecule has 25 heavy (non-hydrogen) atoms. The number of urea groups is 1. The Morgan fingerprint density at radius 3 is 2.36 bits per heavy atom. The van der Waals surface area contributed by atoms with Gasteiger partial charge in [-0.05, 0) is 50.0 Å². The number of hydrogen-bond acceptors (Lipinski definition) is 2. The number of likely N-dealkylation sites (tertiary alicyclic amines) is 1. The van der Waals surface area contributed by atoms with Crippen LogP contribution in [0.2, 0.25) is 0 Å². The molecule has 0 spiro atoms. The maximum absolute atomic E-state index is 12.9. The van der Waals surface area contributed by atoms with Gasteiger partial charge in [0.05, 0.1) is 12.0 Å². The summed E-state index contributed by atoms with van der Waals surface area (Å²) in [7, 11) is 0. The van der Waals surface area contributed by atoms with Gasteiger partial charge in [0.1, 0.15) is 0 Å². The fourth-order valence-corrected chi connectivity index (χ4v) is 4.14. The molecule has 2 aliphatic rings. The molecule has 2 atom stereocenters. The molecule has 1 aromatic carbocycles. The lowest BCUT2D eigenvalue weighted by Gasteiger charge is -2.40. The van der Waals surface area contributed by atoms with Crippen LogP contribution in [0.3, 0.4) is 0 Å². The van der Waals surface area contributed by atoms with E-state index in [1.807, 2.05) is 23.1 Å². The monoisotopic (exact) mass is 344 g/mol. The number of carbonyl (C=O) groups is 2. The fraction of sp³-hybridized carbons (Fsp3) is 0.600. The summed E-state index contributed by atoms with van der Waals surface area (Å²) in [4.78, 5) is 26.0. The predicted octanol–water partition coefficient (Wildman–Crippen LogP) is 3.81. The van der Waals surface area contributed by atoms with Gasteiger partial charge in [-0.15, -0.1) is 0 Å². The van der Waals surface area contributed by atoms with E-state index in [0.29, 0.717) is 18.8 Å². The van der Waals surface area contributed by atoms with Crippen molar-refractivity contribution in [1.29, 1.82) is 0 Å². The summed E-state index contributed by atoms with van der Waals surface area (Å²) in [5.41, 5.74) is 1.19. The number of benzene rings is 1. The van der Waals surface area contributed by atoms with Crippen LogP contribution in [0.1, 0.15) is 57.1 Å². The molecule has 136 valence electrons. The molecule has 1 saturated heterocycles. The van der Waals surface area contributed by atoms with Gasteiger partial charge in [0.15, 0.2) is 0 Å². The SMILES string of the molecule is CC1CCC(c2ccccc2)N(C(=O)NC2CCC(C(=O)O)CC2)C1. The standard InChI is InChI=1S/C20H28N2O3/c1-14-7-12-18(15-5-3-2-4-6-15)22(13-14)20(25)21-17-10-8-16(9-11-17)19(23)24/h2-6,14,16-18H,7-13H2,1H3,(H,21,25)(H,23,24). The van der Waals surface area contributed by atoms with Gasteiger partial charge < -0.3 is 15.3 Å². The predicted molar refractivity (Wildman–Crippen MR) is 96.2 cm³/mol. The van der Waals surface area contributed by atoms with E-state index in [-0.39, 0.29) is 24.0 Å². The molecule has 1 heterocycles. The summed E-state index contributed by atoms with van der Waals surface area (Å²) >= 11 is 0. The minimum atomic E-state index is -0.709. The molecule has 0 bridgehead atoms. The van der Waals surface area contributed by atoms with Crippen molar-refractivity contribution in [2.75, 3.05) is 6.54 Å². The molecule has 2 amide bonds. The van der Waals surface area contributed by atoms with E-state index >= 15 is 0 Å². The molecule has 5 heteroatoms. The Bertz CT molecular complexity index is 596. The van der Waals surface area contributed by atoms with Crippen molar-refractivity contribution in [2.45, 2.75) is 57.5 Å². The number of nitrogens with zero attached hydrogens (tertiary/aromatic N) is 1. The Balaban J connectivity index is 1.63. The third-order valence-corrected chi connectivity index (χ3v) is 5.67. The van der Waals surface area contributed by atoms with Crippen LogP contribution in [0.4, 0.5) is 4.79 Å². The quantitative estimate of drug-likeness (QED) is 0.876. The van der Waals surface area contributed by atoms with Crippen LogP contribution in [0, 0.1) is 11.8 Å². The van der Waals surface area contributed by atoms with E-state index in [1.54, 1.807) is 0 Å². The van der Waals surface area contributed by atoms with E-state index in [4.69, 9.17) is 5.11 Å². The summed E-state index contributed by atoms with van der Waals surface area (Å²) in [6.07, 6.45) is 4.93. The van der Waals surface area contributed by atoms with Crippen LogP contribution in [0.5, 0.6) is 0 Å². The fourth-order valence-electron chi connectivity index (χ4n) is 4.14. The maximum Gasteiger partial charge on any atom is 0.318 e. The first-order valence-corrected chi connectivity index (χ1v) is 9.39. The average Bonchev–Trinajstić information content (AvgIpc) is 2.63. The molecule has 1 aromatic rings. The largest absolute Gasteiger partial charge is 0.481 e. The van der Waals surface area contributed by atoms with E-state index < -0.39 is 5.97 Å². The highest BCUT2D eigenvalue weighted by molar-refractivity contribution is 5.75. The number of piperidine rings is 1. The smallest absolute Gasteiger partial charge is 0.318 e. The van der Waals surface area contributed by atoms with E-state index in [0.717, 1.165) is 32.2 Å². The van der Waals surface area contributed by atoms with Gasteiger partial charge in [0.25, 0.3) is 0 Å². The highest BCUT2D eigenvalue weighted by atomic mass is 16.4. The number of carboxylic acid groups (broad SMARTS) is 1. The van der Waals surface area contributed by atoms with Crippen molar-refractivity contribution in [3.8, 4) is 0 Å². The normalized spacial score (nSPS) is 29.9. The Labute approximate surface area is 149 Å². The third kappa shape index (κ3) is 4.33. The zero-order valence-electron chi connectivity index (χ0n) is 14.9. The summed E-state index contributed by atoms with van der Waals surface area (Å²) < 4.78 is 0. The molecule has 2 N–H and O–H groups in total. The molecule has 1 saturated carbocycles. The van der Waals surface area contributed by atoms with Crippen molar-refractivity contribution in [2.24, 2.45) is 11.8 Å². The third-order valence-electron chi connectivity index (χ3n) is 5.67. The molecule has 2 fully saturated rings. The van der Waals surface area contributed by atoms with Gasteiger partial charge in [-0.3, -0.25) is 4.79 Å². The van der Waals surface area contributed by atoms with Crippen molar-refractivity contribution in [3.63, 3.8) is 0 Å². The topological polar surface area (TPSA) is 69.6 Å². The van der Waals surface area contributed by atoms with Crippen LogP contribution in [-0.4, -0.2) is 34.6 Å². The van der Waals surface area contributed by atoms with Crippen LogP contribution < -0.4 is 5.32 Å². The molecule has 5 nitrogen and oxygen atoms in total. The van der Waals surface area contributed by atoms with Crippen molar-refractivity contribution in [3.05, 3.63) is 35.9 Å². The molecule has 3 rings (SSSR count). The van der Waals surface area contributed by atoms with Crippen LogP contribution in [-0.2, 0) is 4.79 Å². The lowest BCUT2D eigenvalue weighted by Crippen LogP contribution is -2.50. The number of amides is 2. The first-order chi connectivity index (χ1) is 12.0. The van der Waals surface area contributed by atoms with Gasteiger partial charge in [0, 0.05) is 12.6 Å². The number of carbonyl (C=O) groups excluding carboxylic acids is 1. The number of aliphatic carboxylic acids is 1. The van der Waals surface area contributed by atoms with Gasteiger partial charge in [-0.25, -0.2) is 4.79 Å². The Morgan fingerprint density at radius 1 is 1.04 bits per heavy atom. The van der Waals surface area contributed by atoms with Crippen LogP contribution in [0.15, 0.2) is 30.3 Å². The van der Waals surface area contributed by atoms with Gasteiger partial charge in [-0.1, -0.05) is 37.3 Å². The minimum absolute atomic E-state index is 0.000761. The van der Waals surface area contributed by atoms with Crippen molar-refractivity contribution in [1.82, 2.24) is 10.2 Å². The summed E-state index contributed by atoms with van der Waals surface area (Å²) in [6, 6.07) is 10.5. The number of hydrogen-bond donors (Lipinski definition) is 2. The maximum atomic E-state index is 12.9. The highest BCUT2D eigenvalue weighted by Crippen LogP contribution is 2.33. The van der Waals surface area contributed by atoms with E-state index in [2.05, 4.69) is 24.4 Å². The molecule has 0 aromatic heterocycles. The van der Waals surface area contributed by atoms with Crippen molar-refractivity contribution >= 4 is 12.0 Å². The van der Waals surface area contributed by atoms with Gasteiger partial charge in [-0.2, -0.15) is 0 Å². The zero-order valence-corrected chi connectivity index (χ0v) is 14.9. The van der Waals surface area contributed by atoms with E-state index in [1.165, 1.54) is 5.56 Å². The number of nitrogens with one attached hydrogen (secondary N) is 1. The average molecular weight is 344 g/mol. The molecular formula is C20H28N2O3. The van der Waals surface area contributed by atoms with E-state index in [9.17, 15) is 9.59 Å². The first-order valence-electron chi connectivity index (χ1n) is 9.39. The first kappa shape index (κ1) is 17.8. The second-order valence-electron chi connectivity index (χ2n) is 7.60. The van der Waals surface area contributed by atoms with Crippen molar-refractivity contribution < 1.29 is 14.7 Å². The van der Waals surface area contributed by atoms with Crippen LogP contribution >= 0.6 is 0 Å². The Morgan fingerprint density at radius 2 is 1.72 bits per heavy atom. The number of carboxylic acids is 1. The molecule has 1 aliphatic heterocycles. The second-order valence-corrected chi connectivity index (χ2v) is 7.60. The number of rotatable bonds is 3. The minimum Gasteiger partial charge on any atom is -0.481 e. The Hall–Kier alpha value is -2.04. The summed E-state index contributed by atoms with van der Waals surface area (Å²) in [6.45, 7) is 2.97. The second kappa shape index (κ2) is 7.89. The van der Waals surface area contributed by atoms with Crippen LogP contribution in [0.25, 0.3) is 0 Å². The summed E-state index contributed by atoms with van der Waals surface area (Å²) in [5, 5.41) is 12.3. The molecule has 2 unspecified atom stereocenters. The zero-order chi connectivity index (χ0) is 17.8. The van der Waals surface area contributed by atoms with Gasteiger partial charge >= 0.3 is 12.0 Å². The lowest BCUT2D eigenvalue weighted by molar-refractivity contribution is -0.142. The molecule has 0 radical (unpaired) electrons. The molecule has 1 aliphatic carbocycles. The lowest BCUT2D eigenvalue weighted by atomic mass is 9.86. The Kier molecular flexibility index (Phi) is 5.61.